The molecule has 106 valence electrons. The second-order valence-corrected chi connectivity index (χ2v) is 5.99. The highest BCUT2D eigenvalue weighted by molar-refractivity contribution is 9.10. The summed E-state index contributed by atoms with van der Waals surface area (Å²) in [5, 5.41) is 4.25. The van der Waals surface area contributed by atoms with Crippen LogP contribution in [0.2, 0.25) is 0 Å². The van der Waals surface area contributed by atoms with Gasteiger partial charge in [0, 0.05) is 18.8 Å². The molecule has 0 saturated carbocycles. The van der Waals surface area contributed by atoms with E-state index in [0.29, 0.717) is 17.8 Å². The van der Waals surface area contributed by atoms with Crippen LogP contribution in [0.3, 0.4) is 0 Å². The zero-order valence-corrected chi connectivity index (χ0v) is 13.1. The Balaban J connectivity index is 2.08. The Morgan fingerprint density at radius 1 is 1.40 bits per heavy atom. The summed E-state index contributed by atoms with van der Waals surface area (Å²) < 4.78 is 2.42. The molecule has 1 aliphatic rings. The quantitative estimate of drug-likeness (QED) is 0.910. The molecule has 6 nitrogen and oxygen atoms in total. The standard InChI is InChI=1S/C13H17BrN6/c1-8-6-16-20(7-8)13-17-11(15)10(14)12(18-13)19-5-3-4-9(19)2/h6-7,9H,3-5H2,1-2H3,(H2,15,17,18)/t9-/m0/s1. The highest BCUT2D eigenvalue weighted by atomic mass is 79.9. The summed E-state index contributed by atoms with van der Waals surface area (Å²) in [5.74, 6) is 1.80. The van der Waals surface area contributed by atoms with Crippen molar-refractivity contribution in [1.82, 2.24) is 19.7 Å². The lowest BCUT2D eigenvalue weighted by molar-refractivity contribution is 0.717. The Kier molecular flexibility index (Phi) is 3.37. The smallest absolute Gasteiger partial charge is 0.254 e. The van der Waals surface area contributed by atoms with Crippen LogP contribution in [0.15, 0.2) is 16.9 Å². The molecule has 0 aliphatic carbocycles. The summed E-state index contributed by atoms with van der Waals surface area (Å²) in [6.07, 6.45) is 6.01. The van der Waals surface area contributed by atoms with Gasteiger partial charge in [0.1, 0.15) is 10.3 Å². The van der Waals surface area contributed by atoms with Gasteiger partial charge in [-0.3, -0.25) is 0 Å². The molecule has 0 spiro atoms. The molecule has 2 N–H and O–H groups in total. The molecule has 2 aromatic heterocycles. The maximum atomic E-state index is 6.01. The van der Waals surface area contributed by atoms with Gasteiger partial charge in [0.05, 0.1) is 6.20 Å². The van der Waals surface area contributed by atoms with E-state index in [1.165, 1.54) is 12.8 Å². The molecule has 1 saturated heterocycles. The summed E-state index contributed by atoms with van der Waals surface area (Å²) in [7, 11) is 0. The lowest BCUT2D eigenvalue weighted by Crippen LogP contribution is -2.28. The van der Waals surface area contributed by atoms with Crippen LogP contribution in [0.25, 0.3) is 5.95 Å². The number of nitrogen functional groups attached to an aromatic ring is 1. The molecular weight excluding hydrogens is 320 g/mol. The van der Waals surface area contributed by atoms with E-state index in [-0.39, 0.29) is 0 Å². The van der Waals surface area contributed by atoms with Crippen molar-refractivity contribution in [2.24, 2.45) is 0 Å². The second kappa shape index (κ2) is 5.05. The zero-order valence-electron chi connectivity index (χ0n) is 11.5. The van der Waals surface area contributed by atoms with Crippen molar-refractivity contribution < 1.29 is 0 Å². The van der Waals surface area contributed by atoms with Crippen molar-refractivity contribution in [3.05, 3.63) is 22.4 Å². The molecule has 0 aromatic carbocycles. The number of halogens is 1. The molecule has 3 heterocycles. The molecule has 1 fully saturated rings. The van der Waals surface area contributed by atoms with Crippen molar-refractivity contribution in [3.8, 4) is 5.95 Å². The van der Waals surface area contributed by atoms with E-state index in [2.05, 4.69) is 42.8 Å². The molecule has 0 unspecified atom stereocenters. The van der Waals surface area contributed by atoms with E-state index >= 15 is 0 Å². The van der Waals surface area contributed by atoms with Crippen LogP contribution in [0, 0.1) is 6.92 Å². The first kappa shape index (κ1) is 13.4. The molecule has 1 atom stereocenters. The van der Waals surface area contributed by atoms with Crippen molar-refractivity contribution in [2.45, 2.75) is 32.7 Å². The lowest BCUT2D eigenvalue weighted by Gasteiger charge is -2.24. The first-order valence-electron chi connectivity index (χ1n) is 6.67. The maximum Gasteiger partial charge on any atom is 0.254 e. The van der Waals surface area contributed by atoms with Gasteiger partial charge in [0.25, 0.3) is 5.95 Å². The van der Waals surface area contributed by atoms with Gasteiger partial charge in [0.2, 0.25) is 0 Å². The number of anilines is 2. The minimum atomic E-state index is 0.442. The molecule has 0 amide bonds. The SMILES string of the molecule is Cc1cnn(-c2nc(N)c(Br)c(N3CCC[C@@H]3C)n2)c1. The first-order valence-corrected chi connectivity index (χ1v) is 7.47. The van der Waals surface area contributed by atoms with Crippen molar-refractivity contribution in [1.29, 1.82) is 0 Å². The Bertz CT molecular complexity index is 638. The molecular formula is C13H17BrN6. The van der Waals surface area contributed by atoms with E-state index in [9.17, 15) is 0 Å². The summed E-state index contributed by atoms with van der Waals surface area (Å²) in [6.45, 7) is 5.18. The monoisotopic (exact) mass is 336 g/mol. The average Bonchev–Trinajstić information content (AvgIpc) is 3.01. The van der Waals surface area contributed by atoms with Gasteiger partial charge < -0.3 is 10.6 Å². The molecule has 3 rings (SSSR count). The highest BCUT2D eigenvalue weighted by Gasteiger charge is 2.25. The third kappa shape index (κ3) is 2.26. The maximum absolute atomic E-state index is 6.01. The van der Waals surface area contributed by atoms with Crippen molar-refractivity contribution in [3.63, 3.8) is 0 Å². The van der Waals surface area contributed by atoms with E-state index in [1.807, 2.05) is 13.1 Å². The van der Waals surface area contributed by atoms with Crippen LogP contribution < -0.4 is 10.6 Å². The van der Waals surface area contributed by atoms with Crippen LogP contribution in [-0.2, 0) is 0 Å². The fourth-order valence-electron chi connectivity index (χ4n) is 2.50. The largest absolute Gasteiger partial charge is 0.383 e. The van der Waals surface area contributed by atoms with Gasteiger partial charge in [-0.1, -0.05) is 0 Å². The predicted molar refractivity (Wildman–Crippen MR) is 82.0 cm³/mol. The number of aromatic nitrogens is 4. The Morgan fingerprint density at radius 3 is 2.80 bits per heavy atom. The third-order valence-electron chi connectivity index (χ3n) is 3.59. The molecule has 20 heavy (non-hydrogen) atoms. The van der Waals surface area contributed by atoms with Gasteiger partial charge in [-0.15, -0.1) is 0 Å². The number of aryl methyl sites for hydroxylation is 1. The number of rotatable bonds is 2. The van der Waals surface area contributed by atoms with Gasteiger partial charge in [-0.05, 0) is 48.2 Å². The first-order chi connectivity index (χ1) is 9.56. The van der Waals surface area contributed by atoms with Gasteiger partial charge in [-0.2, -0.15) is 15.1 Å². The van der Waals surface area contributed by atoms with Crippen molar-refractivity contribution >= 4 is 27.6 Å². The van der Waals surface area contributed by atoms with Crippen LogP contribution in [-0.4, -0.2) is 32.3 Å². The summed E-state index contributed by atoms with van der Waals surface area (Å²) >= 11 is 3.51. The Hall–Kier alpha value is -1.63. The highest BCUT2D eigenvalue weighted by Crippen LogP contribution is 2.33. The summed E-state index contributed by atoms with van der Waals surface area (Å²) in [6, 6.07) is 0.466. The fourth-order valence-corrected chi connectivity index (χ4v) is 2.91. The molecule has 0 bridgehead atoms. The minimum Gasteiger partial charge on any atom is -0.383 e. The summed E-state index contributed by atoms with van der Waals surface area (Å²) in [4.78, 5) is 11.2. The number of hydrogen-bond donors (Lipinski definition) is 1. The second-order valence-electron chi connectivity index (χ2n) is 5.19. The molecule has 7 heteroatoms. The van der Waals surface area contributed by atoms with Gasteiger partial charge in [-0.25, -0.2) is 4.68 Å². The zero-order chi connectivity index (χ0) is 14.3. The lowest BCUT2D eigenvalue weighted by atomic mass is 10.2. The fraction of sp³-hybridized carbons (Fsp3) is 0.462. The van der Waals surface area contributed by atoms with E-state index in [0.717, 1.165) is 22.4 Å². The van der Waals surface area contributed by atoms with E-state index in [4.69, 9.17) is 5.73 Å². The molecule has 1 aliphatic heterocycles. The Labute approximate surface area is 126 Å². The van der Waals surface area contributed by atoms with E-state index < -0.39 is 0 Å². The minimum absolute atomic E-state index is 0.442. The van der Waals surface area contributed by atoms with E-state index in [1.54, 1.807) is 10.9 Å². The van der Waals surface area contributed by atoms with Crippen molar-refractivity contribution in [2.75, 3.05) is 17.2 Å². The number of nitrogens with two attached hydrogens (primary N) is 1. The van der Waals surface area contributed by atoms with Gasteiger partial charge >= 0.3 is 0 Å². The topological polar surface area (TPSA) is 72.9 Å². The Morgan fingerprint density at radius 2 is 2.20 bits per heavy atom. The van der Waals surface area contributed by atoms with Gasteiger partial charge in [0.15, 0.2) is 5.82 Å². The number of nitrogens with zero attached hydrogens (tertiary/aromatic N) is 5. The third-order valence-corrected chi connectivity index (χ3v) is 4.35. The molecule has 0 radical (unpaired) electrons. The van der Waals surface area contributed by atoms with Crippen LogP contribution >= 0.6 is 15.9 Å². The molecule has 2 aromatic rings. The summed E-state index contributed by atoms with van der Waals surface area (Å²) in [5.41, 5.74) is 7.07. The van der Waals surface area contributed by atoms with Crippen LogP contribution in [0.4, 0.5) is 11.6 Å². The van der Waals surface area contributed by atoms with Crippen LogP contribution in [0.1, 0.15) is 25.3 Å². The van der Waals surface area contributed by atoms with Crippen LogP contribution in [0.5, 0.6) is 0 Å². The number of hydrogen-bond acceptors (Lipinski definition) is 5. The predicted octanol–water partition coefficient (Wildman–Crippen LogP) is 2.30. The normalized spacial score (nSPS) is 18.8. The average molecular weight is 337 g/mol.